The molecule has 8 heteroatoms. The van der Waals surface area contributed by atoms with E-state index in [0.717, 1.165) is 22.5 Å². The zero-order valence-electron chi connectivity index (χ0n) is 17.2. The van der Waals surface area contributed by atoms with E-state index in [0.29, 0.717) is 31.7 Å². The average molecular weight is 446 g/mol. The number of thiazole rings is 1. The van der Waals surface area contributed by atoms with Crippen LogP contribution in [0.4, 0.5) is 9.52 Å². The van der Waals surface area contributed by atoms with E-state index in [1.165, 1.54) is 27.6 Å². The van der Waals surface area contributed by atoms with E-state index in [1.54, 1.807) is 18.3 Å². The third kappa shape index (κ3) is 3.87. The van der Waals surface area contributed by atoms with Gasteiger partial charge in [-0.1, -0.05) is 24.3 Å². The second-order valence-corrected chi connectivity index (χ2v) is 10.3. The summed E-state index contributed by atoms with van der Waals surface area (Å²) in [6.07, 6.45) is 0. The highest BCUT2D eigenvalue weighted by atomic mass is 32.2. The van der Waals surface area contributed by atoms with Crippen LogP contribution in [0.3, 0.4) is 0 Å². The van der Waals surface area contributed by atoms with Crippen molar-refractivity contribution >= 4 is 26.5 Å². The predicted octanol–water partition coefficient (Wildman–Crippen LogP) is 4.39. The number of sulfonamides is 1. The fourth-order valence-electron chi connectivity index (χ4n) is 3.67. The van der Waals surface area contributed by atoms with Gasteiger partial charge in [0.2, 0.25) is 10.0 Å². The summed E-state index contributed by atoms with van der Waals surface area (Å²) >= 11 is 1.57. The second-order valence-electron chi connectivity index (χ2n) is 7.56. The lowest BCUT2D eigenvalue weighted by atomic mass is 10.0. The lowest BCUT2D eigenvalue weighted by Crippen LogP contribution is -2.48. The molecule has 0 radical (unpaired) electrons. The molecule has 0 N–H and O–H groups in total. The fraction of sp³-hybridized carbons (Fsp3) is 0.318. The molecule has 4 rings (SSSR count). The molecule has 158 valence electrons. The fourth-order valence-corrected chi connectivity index (χ4v) is 6.21. The summed E-state index contributed by atoms with van der Waals surface area (Å²) in [7, 11) is -3.72. The summed E-state index contributed by atoms with van der Waals surface area (Å²) in [5.41, 5.74) is 5.07. The third-order valence-electron chi connectivity index (χ3n) is 5.65. The number of nitrogens with zero attached hydrogens (tertiary/aromatic N) is 3. The van der Waals surface area contributed by atoms with E-state index >= 15 is 0 Å². The molecule has 2 heterocycles. The number of hydrogen-bond acceptors (Lipinski definition) is 5. The molecule has 0 amide bonds. The van der Waals surface area contributed by atoms with E-state index in [2.05, 4.69) is 36.3 Å². The van der Waals surface area contributed by atoms with Gasteiger partial charge in [0.15, 0.2) is 5.13 Å². The number of aryl methyl sites for hydroxylation is 2. The van der Waals surface area contributed by atoms with E-state index in [1.807, 2.05) is 6.07 Å². The van der Waals surface area contributed by atoms with Crippen LogP contribution in [0.2, 0.25) is 0 Å². The molecule has 2 aromatic carbocycles. The lowest BCUT2D eigenvalue weighted by molar-refractivity contribution is 0.384. The summed E-state index contributed by atoms with van der Waals surface area (Å²) in [6, 6.07) is 10.1. The van der Waals surface area contributed by atoms with Gasteiger partial charge in [-0.3, -0.25) is 0 Å². The van der Waals surface area contributed by atoms with Crippen molar-refractivity contribution in [3.8, 4) is 11.3 Å². The van der Waals surface area contributed by atoms with E-state index in [4.69, 9.17) is 4.98 Å². The van der Waals surface area contributed by atoms with Gasteiger partial charge < -0.3 is 4.90 Å². The molecule has 1 aliphatic rings. The van der Waals surface area contributed by atoms with Gasteiger partial charge in [0.05, 0.1) is 10.6 Å². The van der Waals surface area contributed by atoms with Gasteiger partial charge in [0.25, 0.3) is 0 Å². The molecule has 1 aromatic heterocycles. The molecule has 1 aliphatic heterocycles. The first-order valence-electron chi connectivity index (χ1n) is 9.81. The first kappa shape index (κ1) is 21.0. The molecule has 1 fully saturated rings. The van der Waals surface area contributed by atoms with E-state index in [-0.39, 0.29) is 4.90 Å². The van der Waals surface area contributed by atoms with Crippen molar-refractivity contribution < 1.29 is 12.8 Å². The van der Waals surface area contributed by atoms with Gasteiger partial charge in [-0.15, -0.1) is 11.3 Å². The lowest BCUT2D eigenvalue weighted by Gasteiger charge is -2.34. The summed E-state index contributed by atoms with van der Waals surface area (Å²) in [4.78, 5) is 6.96. The van der Waals surface area contributed by atoms with Crippen molar-refractivity contribution in [3.63, 3.8) is 0 Å². The molecule has 0 unspecified atom stereocenters. The van der Waals surface area contributed by atoms with Crippen molar-refractivity contribution in [3.05, 3.63) is 64.3 Å². The third-order valence-corrected chi connectivity index (χ3v) is 8.59. The van der Waals surface area contributed by atoms with Crippen molar-refractivity contribution in [2.45, 2.75) is 25.7 Å². The minimum atomic E-state index is -3.72. The topological polar surface area (TPSA) is 53.5 Å². The predicted molar refractivity (Wildman–Crippen MR) is 119 cm³/mol. The van der Waals surface area contributed by atoms with Crippen LogP contribution in [-0.2, 0) is 10.0 Å². The van der Waals surface area contributed by atoms with Gasteiger partial charge in [-0.25, -0.2) is 17.8 Å². The first-order chi connectivity index (χ1) is 14.3. The Hall–Kier alpha value is -2.29. The molecule has 0 saturated carbocycles. The summed E-state index contributed by atoms with van der Waals surface area (Å²) < 4.78 is 41.0. The molecule has 0 spiro atoms. The van der Waals surface area contributed by atoms with Gasteiger partial charge in [-0.2, -0.15) is 4.31 Å². The quantitative estimate of drug-likeness (QED) is 0.598. The van der Waals surface area contributed by atoms with Crippen molar-refractivity contribution in [1.29, 1.82) is 0 Å². The Labute approximate surface area is 180 Å². The Morgan fingerprint density at radius 1 is 1.00 bits per heavy atom. The molecule has 0 atom stereocenters. The molecule has 1 saturated heterocycles. The summed E-state index contributed by atoms with van der Waals surface area (Å²) in [5, 5.41) is 2.95. The molecule has 30 heavy (non-hydrogen) atoms. The number of benzene rings is 2. The van der Waals surface area contributed by atoms with Crippen molar-refractivity contribution in [2.75, 3.05) is 31.1 Å². The Balaban J connectivity index is 1.50. The highest BCUT2D eigenvalue weighted by Crippen LogP contribution is 2.31. The van der Waals surface area contributed by atoms with Gasteiger partial charge >= 0.3 is 0 Å². The van der Waals surface area contributed by atoms with E-state index < -0.39 is 15.8 Å². The summed E-state index contributed by atoms with van der Waals surface area (Å²) in [6.45, 7) is 7.66. The SMILES string of the molecule is Cc1ccc(F)cc1S(=O)(=O)N1CCN(c2nc(-c3cccc(C)c3C)cs2)CC1. The first-order valence-corrected chi connectivity index (χ1v) is 12.1. The van der Waals surface area contributed by atoms with Crippen LogP contribution < -0.4 is 4.90 Å². The minimum Gasteiger partial charge on any atom is -0.345 e. The second kappa shape index (κ2) is 8.09. The minimum absolute atomic E-state index is 0.0439. The van der Waals surface area contributed by atoms with Crippen LogP contribution in [0.25, 0.3) is 11.3 Å². The molecule has 0 aliphatic carbocycles. The largest absolute Gasteiger partial charge is 0.345 e. The highest BCUT2D eigenvalue weighted by Gasteiger charge is 2.30. The zero-order valence-corrected chi connectivity index (χ0v) is 18.9. The molecule has 5 nitrogen and oxygen atoms in total. The van der Waals surface area contributed by atoms with Crippen LogP contribution in [-0.4, -0.2) is 43.9 Å². The standard InChI is InChI=1S/C22H24FN3O2S2/c1-15-5-4-6-19(17(15)3)20-14-29-22(24-20)25-9-11-26(12-10-25)30(27,28)21-13-18(23)8-7-16(21)2/h4-8,13-14H,9-12H2,1-3H3. The Bertz CT molecular complexity index is 1180. The molecular formula is C22H24FN3O2S2. The number of piperazine rings is 1. The van der Waals surface area contributed by atoms with E-state index in [9.17, 15) is 12.8 Å². The Morgan fingerprint density at radius 2 is 1.73 bits per heavy atom. The van der Waals surface area contributed by atoms with Crippen LogP contribution in [0.15, 0.2) is 46.7 Å². The van der Waals surface area contributed by atoms with Crippen LogP contribution in [0.1, 0.15) is 16.7 Å². The number of halogens is 1. The smallest absolute Gasteiger partial charge is 0.243 e. The summed E-state index contributed by atoms with van der Waals surface area (Å²) in [5.74, 6) is -0.542. The number of aromatic nitrogens is 1. The zero-order chi connectivity index (χ0) is 21.5. The van der Waals surface area contributed by atoms with Crippen LogP contribution in [0.5, 0.6) is 0 Å². The maximum Gasteiger partial charge on any atom is 0.243 e. The average Bonchev–Trinajstić information content (AvgIpc) is 3.22. The number of hydrogen-bond donors (Lipinski definition) is 0. The highest BCUT2D eigenvalue weighted by molar-refractivity contribution is 7.89. The molecule has 3 aromatic rings. The monoisotopic (exact) mass is 445 g/mol. The number of anilines is 1. The molecular weight excluding hydrogens is 421 g/mol. The molecule has 0 bridgehead atoms. The normalized spacial score (nSPS) is 15.5. The van der Waals surface area contributed by atoms with Crippen molar-refractivity contribution in [2.24, 2.45) is 0 Å². The maximum atomic E-state index is 13.6. The number of rotatable bonds is 4. The van der Waals surface area contributed by atoms with Gasteiger partial charge in [-0.05, 0) is 49.6 Å². The maximum absolute atomic E-state index is 13.6. The van der Waals surface area contributed by atoms with Crippen LogP contribution in [0, 0.1) is 26.6 Å². The Kier molecular flexibility index (Phi) is 5.65. The van der Waals surface area contributed by atoms with Crippen LogP contribution >= 0.6 is 11.3 Å². The van der Waals surface area contributed by atoms with Gasteiger partial charge in [0.1, 0.15) is 5.82 Å². The van der Waals surface area contributed by atoms with Gasteiger partial charge in [0, 0.05) is 37.1 Å². The Morgan fingerprint density at radius 3 is 2.47 bits per heavy atom. The van der Waals surface area contributed by atoms with Crippen molar-refractivity contribution in [1.82, 2.24) is 9.29 Å².